The Labute approximate surface area is 145 Å². The quantitative estimate of drug-likeness (QED) is 0.872. The third-order valence-corrected chi connectivity index (χ3v) is 4.69. The molecule has 25 heavy (non-hydrogen) atoms. The minimum Gasteiger partial charge on any atom is -0.354 e. The van der Waals surface area contributed by atoms with E-state index in [0.717, 1.165) is 24.1 Å². The highest BCUT2D eigenvalue weighted by molar-refractivity contribution is 5.81. The van der Waals surface area contributed by atoms with Crippen LogP contribution >= 0.6 is 0 Å². The Kier molecular flexibility index (Phi) is 5.43. The van der Waals surface area contributed by atoms with Crippen LogP contribution in [-0.2, 0) is 24.2 Å². The van der Waals surface area contributed by atoms with Gasteiger partial charge >= 0.3 is 6.55 Å². The van der Waals surface area contributed by atoms with Gasteiger partial charge in [0.25, 0.3) is 0 Å². The van der Waals surface area contributed by atoms with Crippen LogP contribution in [-0.4, -0.2) is 39.5 Å². The number of hydrogen-bond acceptors (Lipinski definition) is 3. The van der Waals surface area contributed by atoms with Crippen molar-refractivity contribution in [1.82, 2.24) is 19.8 Å². The molecule has 0 saturated carbocycles. The lowest BCUT2D eigenvalue weighted by atomic mass is 9.99. The number of carbonyl (C=O) groups excluding carboxylic acids is 1. The van der Waals surface area contributed by atoms with Gasteiger partial charge in [-0.2, -0.15) is 8.78 Å². The van der Waals surface area contributed by atoms with Gasteiger partial charge in [0.05, 0.1) is 6.04 Å². The highest BCUT2D eigenvalue weighted by Crippen LogP contribution is 2.20. The molecule has 134 valence electrons. The first-order chi connectivity index (χ1) is 12.1. The van der Waals surface area contributed by atoms with Crippen molar-refractivity contribution in [2.24, 2.45) is 0 Å². The zero-order chi connectivity index (χ0) is 17.8. The summed E-state index contributed by atoms with van der Waals surface area (Å²) in [6, 6.07) is 8.01. The highest BCUT2D eigenvalue weighted by Gasteiger charge is 2.25. The Bertz CT molecular complexity index is 731. The van der Waals surface area contributed by atoms with Gasteiger partial charge in [-0.05, 0) is 24.5 Å². The van der Waals surface area contributed by atoms with E-state index in [1.54, 1.807) is 0 Å². The number of nitrogens with zero attached hydrogens (tertiary/aromatic N) is 3. The van der Waals surface area contributed by atoms with Crippen molar-refractivity contribution in [3.8, 4) is 0 Å². The summed E-state index contributed by atoms with van der Waals surface area (Å²) < 4.78 is 26.4. The van der Waals surface area contributed by atoms with Crippen LogP contribution in [0.15, 0.2) is 36.7 Å². The first-order valence-electron chi connectivity index (χ1n) is 8.44. The number of rotatable bonds is 6. The lowest BCUT2D eigenvalue weighted by Gasteiger charge is -2.32. The van der Waals surface area contributed by atoms with Crippen molar-refractivity contribution in [3.05, 3.63) is 53.6 Å². The topological polar surface area (TPSA) is 50.2 Å². The molecule has 1 aromatic heterocycles. The molecule has 0 spiro atoms. The van der Waals surface area contributed by atoms with Gasteiger partial charge in [0, 0.05) is 38.4 Å². The second-order valence-corrected chi connectivity index (χ2v) is 6.23. The van der Waals surface area contributed by atoms with Crippen molar-refractivity contribution in [3.63, 3.8) is 0 Å². The largest absolute Gasteiger partial charge is 0.354 e. The van der Waals surface area contributed by atoms with Crippen LogP contribution in [0.4, 0.5) is 8.78 Å². The SMILES string of the molecule is C[C@H](C(=O)NCCc1nccn1C(F)F)N1CCc2ccccc2C1. The molecule has 0 unspecified atom stereocenters. The fraction of sp³-hybridized carbons (Fsp3) is 0.444. The number of hydrogen-bond donors (Lipinski definition) is 1. The number of aromatic nitrogens is 2. The fourth-order valence-electron chi connectivity index (χ4n) is 3.17. The Morgan fingerprint density at radius 2 is 2.08 bits per heavy atom. The van der Waals surface area contributed by atoms with Crippen LogP contribution in [0.3, 0.4) is 0 Å². The number of nitrogens with one attached hydrogen (secondary N) is 1. The molecule has 7 heteroatoms. The lowest BCUT2D eigenvalue weighted by Crippen LogP contribution is -2.47. The monoisotopic (exact) mass is 348 g/mol. The Morgan fingerprint density at radius 1 is 1.32 bits per heavy atom. The summed E-state index contributed by atoms with van der Waals surface area (Å²) in [6.07, 6.45) is 3.80. The van der Waals surface area contributed by atoms with Gasteiger partial charge in [0.1, 0.15) is 5.82 Å². The predicted octanol–water partition coefficient (Wildman–Crippen LogP) is 2.38. The molecule has 2 aromatic rings. The number of carbonyl (C=O) groups is 1. The molecular formula is C18H22F2N4O. The molecule has 3 rings (SSSR count). The van der Waals surface area contributed by atoms with Crippen LogP contribution in [0.5, 0.6) is 0 Å². The lowest BCUT2D eigenvalue weighted by molar-refractivity contribution is -0.126. The smallest absolute Gasteiger partial charge is 0.319 e. The highest BCUT2D eigenvalue weighted by atomic mass is 19.3. The maximum atomic E-state index is 12.8. The van der Waals surface area contributed by atoms with Crippen LogP contribution in [0.25, 0.3) is 0 Å². The summed E-state index contributed by atoms with van der Waals surface area (Å²) in [5, 5.41) is 2.83. The minimum absolute atomic E-state index is 0.0884. The molecule has 1 aliphatic heterocycles. The maximum Gasteiger partial charge on any atom is 0.319 e. The average molecular weight is 348 g/mol. The number of alkyl halides is 2. The second-order valence-electron chi connectivity index (χ2n) is 6.23. The number of benzene rings is 1. The van der Waals surface area contributed by atoms with Crippen LogP contribution in [0.2, 0.25) is 0 Å². The summed E-state index contributed by atoms with van der Waals surface area (Å²) in [4.78, 5) is 18.4. The Morgan fingerprint density at radius 3 is 2.84 bits per heavy atom. The van der Waals surface area contributed by atoms with E-state index in [-0.39, 0.29) is 30.7 Å². The fourth-order valence-corrected chi connectivity index (χ4v) is 3.17. The standard InChI is InChI=1S/C18H22F2N4O/c1-13(23-10-7-14-4-2-3-5-15(14)12-23)17(25)22-8-6-16-21-9-11-24(16)18(19)20/h2-5,9,11,13,18H,6-8,10,12H2,1H3,(H,22,25)/t13-/m1/s1. The number of amides is 1. The molecule has 1 atom stereocenters. The van der Waals surface area contributed by atoms with Gasteiger partial charge in [-0.3, -0.25) is 14.3 Å². The van der Waals surface area contributed by atoms with Gasteiger partial charge in [-0.25, -0.2) is 4.98 Å². The Hall–Kier alpha value is -2.28. The summed E-state index contributed by atoms with van der Waals surface area (Å²) in [5.74, 6) is 0.185. The molecule has 1 amide bonds. The van der Waals surface area contributed by atoms with Crippen LogP contribution in [0.1, 0.15) is 30.4 Å². The van der Waals surface area contributed by atoms with E-state index in [4.69, 9.17) is 0 Å². The maximum absolute atomic E-state index is 12.8. The van der Waals surface area contributed by atoms with Crippen LogP contribution < -0.4 is 5.32 Å². The normalized spacial score (nSPS) is 15.8. The zero-order valence-electron chi connectivity index (χ0n) is 14.2. The van der Waals surface area contributed by atoms with Crippen LogP contribution in [0, 0.1) is 0 Å². The molecule has 0 aliphatic carbocycles. The van der Waals surface area contributed by atoms with Crippen molar-refractivity contribution < 1.29 is 13.6 Å². The second kappa shape index (κ2) is 7.74. The van der Waals surface area contributed by atoms with Gasteiger partial charge in [-0.1, -0.05) is 24.3 Å². The molecule has 5 nitrogen and oxygen atoms in total. The molecule has 0 fully saturated rings. The van der Waals surface area contributed by atoms with E-state index in [0.29, 0.717) is 0 Å². The van der Waals surface area contributed by atoms with Gasteiger partial charge < -0.3 is 5.32 Å². The molecule has 0 saturated heterocycles. The van der Waals surface area contributed by atoms with E-state index in [1.165, 1.54) is 23.5 Å². The molecule has 1 aromatic carbocycles. The summed E-state index contributed by atoms with van der Waals surface area (Å²) in [5.41, 5.74) is 2.59. The Balaban J connectivity index is 1.51. The van der Waals surface area contributed by atoms with E-state index in [2.05, 4.69) is 27.3 Å². The first-order valence-corrected chi connectivity index (χ1v) is 8.44. The summed E-state index contributed by atoms with van der Waals surface area (Å²) in [7, 11) is 0. The van der Waals surface area contributed by atoms with E-state index >= 15 is 0 Å². The predicted molar refractivity (Wildman–Crippen MR) is 90.2 cm³/mol. The minimum atomic E-state index is -2.61. The van der Waals surface area contributed by atoms with Gasteiger partial charge in [0.15, 0.2) is 0 Å². The number of halogens is 2. The van der Waals surface area contributed by atoms with E-state index in [9.17, 15) is 13.6 Å². The van der Waals surface area contributed by atoms with Crippen molar-refractivity contribution >= 4 is 5.91 Å². The molecule has 0 bridgehead atoms. The third kappa shape index (κ3) is 4.04. The molecule has 1 aliphatic rings. The zero-order valence-corrected chi connectivity index (χ0v) is 14.2. The molecule has 1 N–H and O–H groups in total. The first kappa shape index (κ1) is 17.5. The average Bonchev–Trinajstić information content (AvgIpc) is 3.09. The third-order valence-electron chi connectivity index (χ3n) is 4.69. The summed E-state index contributed by atoms with van der Waals surface area (Å²) >= 11 is 0. The molecule has 0 radical (unpaired) electrons. The van der Waals surface area contributed by atoms with Gasteiger partial charge in [-0.15, -0.1) is 0 Å². The number of fused-ring (bicyclic) bond motifs is 1. The van der Waals surface area contributed by atoms with Gasteiger partial charge in [0.2, 0.25) is 5.91 Å². The summed E-state index contributed by atoms with van der Waals surface area (Å²) in [6.45, 7) is 1.14. The van der Waals surface area contributed by atoms with Crippen molar-refractivity contribution in [1.29, 1.82) is 0 Å². The van der Waals surface area contributed by atoms with Crippen molar-refractivity contribution in [2.45, 2.75) is 38.9 Å². The van der Waals surface area contributed by atoms with E-state index in [1.807, 2.05) is 19.1 Å². The number of imidazole rings is 1. The molecule has 2 heterocycles. The van der Waals surface area contributed by atoms with E-state index < -0.39 is 6.55 Å². The van der Waals surface area contributed by atoms with Crippen molar-refractivity contribution in [2.75, 3.05) is 13.1 Å². The molecular weight excluding hydrogens is 326 g/mol.